The van der Waals surface area contributed by atoms with E-state index in [9.17, 15) is 130 Å². The lowest BCUT2D eigenvalue weighted by molar-refractivity contribution is -0.398. The number of ether oxygens (including phenoxy) is 12. The summed E-state index contributed by atoms with van der Waals surface area (Å²) in [4.78, 5) is 114. The van der Waals surface area contributed by atoms with Crippen molar-refractivity contribution in [3.63, 3.8) is 0 Å². The standard InChI is InChI=1S/C60H87N6O40P/c1-22(72)63-34-39(80)37(78)30(17-68)98-52(34)101-49-42(83)45(86)55(104-57(49)95-21-71)100-47-31(18-69)99-53(35(40(47)81)64-23(2)73)102-48-41(82)44(85)54(103-56(48)94-20-70)93-13-11-62-50(87)25-8-6-24(7-9-25)4-3-5-26(74)14-27-28(75)15-60(58(88)89,105-46(27)36(77)29(76)16-67)106-107(91,92)96-19-32-38(79)43(84)51(97-32)66-12-10-33(61)65-59(66)90/h6-10,12,20-21,27-32,34-49,51-57,67-69,75-86H,3-5,11,13-19H2,1-2H3,(H,62,87)(H,63,72)(H,64,73)(H,88,89)(H,91,92)(H2,61,65,90)/t27-,28-,29-,30?,31?,32-,34?,35?,36-,37-,38+,39-,40-,41-,42-,43?,44?,45?,46?,47-,48+,49+,51-,52-,53-,54-,55-,56?,57?,60-/m1/s1. The molecule has 0 aliphatic carbocycles. The summed E-state index contributed by atoms with van der Waals surface area (Å²) in [7, 11) is -5.71. The number of nitrogens with one attached hydrogen (secondary N) is 3. The molecule has 6 aliphatic heterocycles. The molecule has 0 spiro atoms. The highest BCUT2D eigenvalue weighted by Crippen LogP contribution is 2.52. The number of ketones is 1. The second-order valence-electron chi connectivity index (χ2n) is 25.5. The highest BCUT2D eigenvalue weighted by atomic mass is 31.2. The molecule has 6 saturated heterocycles. The number of Topliss-reactive ketones (excluding diaryl/α,β-unsaturated/α-hetero) is 1. The molecule has 11 unspecified atom stereocenters. The number of rotatable bonds is 35. The smallest absolute Gasteiger partial charge is 0.475 e. The Hall–Kier alpha value is -6.50. The zero-order valence-electron chi connectivity index (χ0n) is 56.6. The van der Waals surface area contributed by atoms with E-state index in [4.69, 9.17) is 71.6 Å². The summed E-state index contributed by atoms with van der Waals surface area (Å²) in [6, 6.07) is 3.70. The van der Waals surface area contributed by atoms with Crippen LogP contribution in [-0.4, -0.2) is 350 Å². The van der Waals surface area contributed by atoms with Gasteiger partial charge in [0.1, 0.15) is 115 Å². The molecule has 22 N–H and O–H groups in total. The Morgan fingerprint density at radius 3 is 1.82 bits per heavy atom. The molecular formula is C60H87N6O40P. The third-order valence-corrected chi connectivity index (χ3v) is 19.1. The summed E-state index contributed by atoms with van der Waals surface area (Å²) in [5, 5.41) is 180. The minimum atomic E-state index is -5.71. The molecule has 0 bridgehead atoms. The number of nitrogen functional groups attached to an aromatic ring is 1. The van der Waals surface area contributed by atoms with Gasteiger partial charge in [-0.2, -0.15) is 4.98 Å². The number of carboxylic acids is 1. The quantitative estimate of drug-likeness (QED) is 0.0173. The minimum absolute atomic E-state index is 0.112. The molecule has 8 rings (SSSR count). The van der Waals surface area contributed by atoms with E-state index < -0.39 is 273 Å². The normalized spacial score (nSPS) is 37.8. The van der Waals surface area contributed by atoms with Gasteiger partial charge in [-0.15, -0.1) is 0 Å². The third-order valence-electron chi connectivity index (χ3n) is 18.1. The van der Waals surface area contributed by atoms with Crippen molar-refractivity contribution in [3.8, 4) is 0 Å². The number of carboxylic acid groups (broad SMARTS) is 1. The Morgan fingerprint density at radius 2 is 1.26 bits per heavy atom. The van der Waals surface area contributed by atoms with Crippen molar-refractivity contribution in [2.45, 2.75) is 224 Å². The monoisotopic (exact) mass is 1560 g/mol. The number of phosphoric ester groups is 1. The molecule has 0 saturated carbocycles. The summed E-state index contributed by atoms with van der Waals surface area (Å²) in [6.45, 7) is -3.26. The molecule has 1 aromatic carbocycles. The second kappa shape index (κ2) is 37.9. The SMILES string of the molecule is CC(=O)NC1[C@@H](O[C@@H]2C(OC=O)O[C@@H](O[C@@H]3C(CO)O[C@H](O[C@@H]4C(OC=O)O[C@@H](OCCNC(=O)c5ccc(CCCC(=O)C[C@H]6C([C@H](O)[C@H](O)CO)O[C@](OP(=O)(O)OC[C@H]7O[C@@H](n8ccc(N)nc8=O)C(O)[C@H]7O)(C(=O)O)C[C@H]6O)cc5)C(O)[C@H]4O)C(NC(C)=O)[C@H]3O)C(O)[C@H]2O)OC(CO)[C@@H](O)[C@@H]1O. The molecule has 47 heteroatoms. The number of aliphatic hydroxyl groups is 15. The van der Waals surface area contributed by atoms with Gasteiger partial charge in [0.25, 0.3) is 24.6 Å². The molecule has 31 atom stereocenters. The van der Waals surface area contributed by atoms with E-state index in [-0.39, 0.29) is 50.1 Å². The van der Waals surface area contributed by atoms with E-state index in [0.29, 0.717) is 5.56 Å². The molecular weight excluding hydrogens is 1480 g/mol. The van der Waals surface area contributed by atoms with Gasteiger partial charge in [-0.3, -0.25) is 37.9 Å². The second-order valence-corrected chi connectivity index (χ2v) is 26.9. The minimum Gasteiger partial charge on any atom is -0.477 e. The number of aliphatic hydroxyl groups excluding tert-OH is 15. The molecule has 107 heavy (non-hydrogen) atoms. The molecule has 2 aromatic rings. The van der Waals surface area contributed by atoms with Gasteiger partial charge in [0.2, 0.25) is 24.4 Å². The van der Waals surface area contributed by atoms with Crippen molar-refractivity contribution in [2.24, 2.45) is 5.92 Å². The van der Waals surface area contributed by atoms with Gasteiger partial charge >= 0.3 is 19.5 Å². The Bertz CT molecular complexity index is 3430. The summed E-state index contributed by atoms with van der Waals surface area (Å²) < 4.78 is 90.5. The van der Waals surface area contributed by atoms with Gasteiger partial charge in [-0.25, -0.2) is 18.7 Å². The van der Waals surface area contributed by atoms with Gasteiger partial charge in [-0.1, -0.05) is 12.1 Å². The van der Waals surface area contributed by atoms with Crippen LogP contribution < -0.4 is 27.4 Å². The zero-order valence-corrected chi connectivity index (χ0v) is 57.4. The third kappa shape index (κ3) is 20.8. The van der Waals surface area contributed by atoms with Crippen LogP contribution in [0.3, 0.4) is 0 Å². The van der Waals surface area contributed by atoms with Gasteiger partial charge in [-0.05, 0) is 36.6 Å². The number of aliphatic carboxylic acids is 1. The van der Waals surface area contributed by atoms with Gasteiger partial charge < -0.3 is 165 Å². The van der Waals surface area contributed by atoms with Crippen LogP contribution in [0.25, 0.3) is 0 Å². The number of benzene rings is 1. The lowest BCUT2D eigenvalue weighted by Gasteiger charge is -2.49. The number of carbonyl (C=O) groups is 7. The van der Waals surface area contributed by atoms with Crippen molar-refractivity contribution in [2.75, 3.05) is 45.3 Å². The molecule has 3 amide bonds. The number of nitrogens with two attached hydrogens (primary N) is 1. The van der Waals surface area contributed by atoms with E-state index >= 15 is 0 Å². The van der Waals surface area contributed by atoms with E-state index in [1.54, 1.807) is 12.1 Å². The number of nitrogens with zero attached hydrogens (tertiary/aromatic N) is 2. The Balaban J connectivity index is 0.806. The van der Waals surface area contributed by atoms with Crippen molar-refractivity contribution in [3.05, 3.63) is 58.1 Å². The van der Waals surface area contributed by atoms with Crippen molar-refractivity contribution in [1.82, 2.24) is 25.5 Å². The number of carbonyl (C=O) groups excluding carboxylic acids is 6. The van der Waals surface area contributed by atoms with E-state index in [0.717, 1.165) is 24.6 Å². The van der Waals surface area contributed by atoms with Crippen molar-refractivity contribution < 1.29 is 191 Å². The molecule has 6 aliphatic rings. The number of amides is 3. The molecule has 6 fully saturated rings. The lowest BCUT2D eigenvalue weighted by atomic mass is 9.80. The van der Waals surface area contributed by atoms with Crippen LogP contribution in [0.5, 0.6) is 0 Å². The van der Waals surface area contributed by atoms with Crippen molar-refractivity contribution >= 4 is 56.1 Å². The first kappa shape index (κ1) is 86.1. The summed E-state index contributed by atoms with van der Waals surface area (Å²) >= 11 is 0. The van der Waals surface area contributed by atoms with Gasteiger partial charge in [0, 0.05) is 57.3 Å². The molecule has 0 radical (unpaired) electrons. The van der Waals surface area contributed by atoms with E-state index in [1.165, 1.54) is 18.2 Å². The highest BCUT2D eigenvalue weighted by molar-refractivity contribution is 7.47. The number of aryl methyl sites for hydroxylation is 1. The number of phosphoric acid groups is 1. The Morgan fingerprint density at radius 1 is 0.701 bits per heavy atom. The van der Waals surface area contributed by atoms with Crippen LogP contribution in [0.4, 0.5) is 5.82 Å². The van der Waals surface area contributed by atoms with Crippen molar-refractivity contribution in [1.29, 1.82) is 0 Å². The average Bonchev–Trinajstić information content (AvgIpc) is 1.30. The predicted octanol–water partition coefficient (Wildman–Crippen LogP) is -11.6. The van der Waals surface area contributed by atoms with Crippen LogP contribution in [0.1, 0.15) is 61.7 Å². The highest BCUT2D eigenvalue weighted by Gasteiger charge is 2.61. The van der Waals surface area contributed by atoms with Crippen LogP contribution in [-0.2, 0) is 106 Å². The first-order valence-corrected chi connectivity index (χ1v) is 34.5. The fourth-order valence-corrected chi connectivity index (χ4v) is 13.6. The summed E-state index contributed by atoms with van der Waals surface area (Å²) in [5.74, 6) is -10.2. The number of anilines is 1. The molecule has 7 heterocycles. The van der Waals surface area contributed by atoms with Crippen LogP contribution >= 0.6 is 7.82 Å². The first-order chi connectivity index (χ1) is 50.6. The maximum absolute atomic E-state index is 13.5. The topological polar surface area (TPSA) is 707 Å². The predicted molar refractivity (Wildman–Crippen MR) is 336 cm³/mol. The number of hydrogen-bond donors (Lipinski definition) is 21. The molecule has 1 aromatic heterocycles. The Kier molecular flexibility index (Phi) is 30.5. The lowest BCUT2D eigenvalue weighted by Crippen LogP contribution is -2.70. The van der Waals surface area contributed by atoms with E-state index in [1.807, 2.05) is 0 Å². The van der Waals surface area contributed by atoms with Crippen LogP contribution in [0.15, 0.2) is 41.3 Å². The van der Waals surface area contributed by atoms with E-state index in [2.05, 4.69) is 20.9 Å². The molecule has 602 valence electrons. The summed E-state index contributed by atoms with van der Waals surface area (Å²) in [5.41, 5.74) is 5.20. The van der Waals surface area contributed by atoms with Crippen LogP contribution in [0.2, 0.25) is 0 Å². The fourth-order valence-electron chi connectivity index (χ4n) is 12.6. The van der Waals surface area contributed by atoms with Crippen LogP contribution in [0, 0.1) is 5.92 Å². The van der Waals surface area contributed by atoms with Gasteiger partial charge in [0.05, 0.1) is 45.2 Å². The Labute approximate surface area is 603 Å². The first-order valence-electron chi connectivity index (χ1n) is 33.0. The fraction of sp³-hybridized carbons (Fsp3) is 0.717. The average molecular weight is 1560 g/mol. The maximum atomic E-state index is 13.5. The summed E-state index contributed by atoms with van der Waals surface area (Å²) in [6.07, 6.45) is -51.5. The zero-order chi connectivity index (χ0) is 78.7. The maximum Gasteiger partial charge on any atom is 0.475 e. The number of aromatic nitrogens is 2. The van der Waals surface area contributed by atoms with Gasteiger partial charge in [0.15, 0.2) is 43.6 Å². The number of hydrogen-bond acceptors (Lipinski definition) is 40. The molecule has 46 nitrogen and oxygen atoms in total. The largest absolute Gasteiger partial charge is 0.477 e.